The van der Waals surface area contributed by atoms with Crippen LogP contribution in [0.1, 0.15) is 5.89 Å². The van der Waals surface area contributed by atoms with Crippen LogP contribution in [0.25, 0.3) is 16.8 Å². The Labute approximate surface area is 135 Å². The summed E-state index contributed by atoms with van der Waals surface area (Å²) < 4.78 is 7.29. The summed E-state index contributed by atoms with van der Waals surface area (Å²) in [6, 6.07) is 14.3. The molecule has 0 aliphatic rings. The van der Waals surface area contributed by atoms with E-state index in [0.29, 0.717) is 16.8 Å². The number of aromatic nitrogens is 5. The largest absolute Gasteiger partial charge is 0.508 e. The topological polar surface area (TPSA) is 89.9 Å². The van der Waals surface area contributed by atoms with Crippen LogP contribution in [-0.2, 0) is 5.75 Å². The lowest BCUT2D eigenvalue weighted by molar-refractivity contribution is 0.475. The third-order valence-corrected chi connectivity index (χ3v) is 4.10. The molecule has 2 heterocycles. The van der Waals surface area contributed by atoms with Gasteiger partial charge in [0, 0.05) is 0 Å². The van der Waals surface area contributed by atoms with E-state index in [0.717, 1.165) is 16.8 Å². The van der Waals surface area contributed by atoms with Gasteiger partial charge in [-0.1, -0.05) is 23.9 Å². The molecule has 0 fully saturated rings. The van der Waals surface area contributed by atoms with Crippen molar-refractivity contribution in [3.8, 4) is 11.4 Å². The van der Waals surface area contributed by atoms with Gasteiger partial charge in [0.15, 0.2) is 5.58 Å². The molecule has 0 bridgehead atoms. The number of oxazole rings is 1. The number of benzene rings is 2. The molecule has 0 saturated carbocycles. The van der Waals surface area contributed by atoms with Gasteiger partial charge in [-0.2, -0.15) is 4.68 Å². The van der Waals surface area contributed by atoms with Crippen LogP contribution in [0.2, 0.25) is 0 Å². The fraction of sp³-hybridized carbons (Fsp3) is 0.0667. The molecule has 4 rings (SSSR count). The maximum Gasteiger partial charge on any atom is 0.214 e. The van der Waals surface area contributed by atoms with E-state index in [1.165, 1.54) is 11.8 Å². The van der Waals surface area contributed by atoms with Crippen molar-refractivity contribution in [3.63, 3.8) is 0 Å². The minimum absolute atomic E-state index is 0.197. The van der Waals surface area contributed by atoms with E-state index in [9.17, 15) is 5.11 Å². The summed E-state index contributed by atoms with van der Waals surface area (Å²) >= 11 is 1.43. The predicted molar refractivity (Wildman–Crippen MR) is 84.4 cm³/mol. The van der Waals surface area contributed by atoms with Gasteiger partial charge in [-0.05, 0) is 46.8 Å². The van der Waals surface area contributed by atoms with Crippen LogP contribution in [0.4, 0.5) is 0 Å². The maximum atomic E-state index is 9.36. The summed E-state index contributed by atoms with van der Waals surface area (Å²) in [5.41, 5.74) is 2.37. The van der Waals surface area contributed by atoms with E-state index in [1.807, 2.05) is 24.3 Å². The van der Waals surface area contributed by atoms with Crippen LogP contribution in [0, 0.1) is 0 Å². The highest BCUT2D eigenvalue weighted by Crippen LogP contribution is 2.24. The van der Waals surface area contributed by atoms with Crippen LogP contribution in [0.3, 0.4) is 0 Å². The zero-order valence-corrected chi connectivity index (χ0v) is 12.6. The standard InChI is InChI=1S/C15H11N5O2S/c21-11-7-5-10(6-8-11)20-15(17-18-19-20)23-9-14-16-12-3-1-2-4-13(12)22-14/h1-8,21H,9H2. The van der Waals surface area contributed by atoms with Crippen molar-refractivity contribution in [2.75, 3.05) is 0 Å². The zero-order chi connectivity index (χ0) is 15.6. The highest BCUT2D eigenvalue weighted by molar-refractivity contribution is 7.98. The van der Waals surface area contributed by atoms with Gasteiger partial charge in [0.2, 0.25) is 11.0 Å². The van der Waals surface area contributed by atoms with E-state index < -0.39 is 0 Å². The lowest BCUT2D eigenvalue weighted by atomic mass is 10.3. The monoisotopic (exact) mass is 325 g/mol. The third kappa shape index (κ3) is 2.76. The van der Waals surface area contributed by atoms with E-state index in [4.69, 9.17) is 4.42 Å². The Bertz CT molecular complexity index is 915. The summed E-state index contributed by atoms with van der Waals surface area (Å²) in [5, 5.41) is 21.7. The van der Waals surface area contributed by atoms with E-state index in [-0.39, 0.29) is 5.75 Å². The summed E-state index contributed by atoms with van der Waals surface area (Å²) in [6.07, 6.45) is 0. The second kappa shape index (κ2) is 5.73. The Hall–Kier alpha value is -2.87. The number of rotatable bonds is 4. The number of phenols is 1. The van der Waals surface area contributed by atoms with Gasteiger partial charge in [-0.25, -0.2) is 4.98 Å². The number of thioether (sulfide) groups is 1. The smallest absolute Gasteiger partial charge is 0.214 e. The third-order valence-electron chi connectivity index (χ3n) is 3.20. The van der Waals surface area contributed by atoms with Crippen LogP contribution in [-0.4, -0.2) is 30.3 Å². The zero-order valence-electron chi connectivity index (χ0n) is 11.8. The van der Waals surface area contributed by atoms with Crippen LogP contribution in [0.5, 0.6) is 5.75 Å². The second-order valence-corrected chi connectivity index (χ2v) is 5.70. The lowest BCUT2D eigenvalue weighted by Gasteiger charge is -2.03. The van der Waals surface area contributed by atoms with Crippen molar-refractivity contribution < 1.29 is 9.52 Å². The molecule has 0 amide bonds. The number of phenolic OH excluding ortho intramolecular Hbond substituents is 1. The van der Waals surface area contributed by atoms with Gasteiger partial charge in [-0.3, -0.25) is 0 Å². The molecule has 2 aromatic heterocycles. The number of hydrogen-bond donors (Lipinski definition) is 1. The molecule has 0 spiro atoms. The Morgan fingerprint density at radius 2 is 1.91 bits per heavy atom. The normalized spacial score (nSPS) is 11.1. The summed E-state index contributed by atoms with van der Waals surface area (Å²) in [5.74, 6) is 1.34. The molecule has 0 radical (unpaired) electrons. The van der Waals surface area contributed by atoms with Crippen molar-refractivity contribution in [2.45, 2.75) is 10.9 Å². The first-order chi connectivity index (χ1) is 11.3. The van der Waals surface area contributed by atoms with Crippen LogP contribution < -0.4 is 0 Å². The SMILES string of the molecule is Oc1ccc(-n2nnnc2SCc2nc3ccccc3o2)cc1. The fourth-order valence-corrected chi connectivity index (χ4v) is 2.87. The Morgan fingerprint density at radius 3 is 2.74 bits per heavy atom. The number of nitrogens with zero attached hydrogens (tertiary/aromatic N) is 5. The molecule has 0 aliphatic carbocycles. The maximum absolute atomic E-state index is 9.36. The first kappa shape index (κ1) is 13.8. The highest BCUT2D eigenvalue weighted by atomic mass is 32.2. The quantitative estimate of drug-likeness (QED) is 0.577. The molecule has 7 nitrogen and oxygen atoms in total. The van der Waals surface area contributed by atoms with Crippen molar-refractivity contribution >= 4 is 22.9 Å². The number of fused-ring (bicyclic) bond motifs is 1. The van der Waals surface area contributed by atoms with Crippen molar-refractivity contribution in [2.24, 2.45) is 0 Å². The molecule has 0 saturated heterocycles. The molecular formula is C15H11N5O2S. The Kier molecular flexibility index (Phi) is 3.43. The minimum atomic E-state index is 0.197. The molecule has 0 atom stereocenters. The molecule has 2 aromatic carbocycles. The Morgan fingerprint density at radius 1 is 1.09 bits per heavy atom. The van der Waals surface area contributed by atoms with E-state index >= 15 is 0 Å². The molecule has 23 heavy (non-hydrogen) atoms. The summed E-state index contributed by atoms with van der Waals surface area (Å²) in [6.45, 7) is 0. The number of tetrazole rings is 1. The molecule has 8 heteroatoms. The van der Waals surface area contributed by atoms with Gasteiger partial charge in [0.1, 0.15) is 11.3 Å². The second-order valence-electron chi connectivity index (χ2n) is 4.75. The average molecular weight is 325 g/mol. The average Bonchev–Trinajstić information content (AvgIpc) is 3.19. The van der Waals surface area contributed by atoms with Gasteiger partial charge >= 0.3 is 0 Å². The molecule has 4 aromatic rings. The van der Waals surface area contributed by atoms with Crippen molar-refractivity contribution in [1.82, 2.24) is 25.2 Å². The lowest BCUT2D eigenvalue weighted by Crippen LogP contribution is -1.98. The minimum Gasteiger partial charge on any atom is -0.508 e. The van der Waals surface area contributed by atoms with Crippen LogP contribution >= 0.6 is 11.8 Å². The first-order valence-corrected chi connectivity index (χ1v) is 7.83. The predicted octanol–water partition coefficient (Wildman–Crippen LogP) is 2.80. The van der Waals surface area contributed by atoms with E-state index in [1.54, 1.807) is 28.9 Å². The summed E-state index contributed by atoms with van der Waals surface area (Å²) in [7, 11) is 0. The van der Waals surface area contributed by atoms with Crippen LogP contribution in [0.15, 0.2) is 58.1 Å². The van der Waals surface area contributed by atoms with Gasteiger partial charge in [0.25, 0.3) is 0 Å². The number of aromatic hydroxyl groups is 1. The molecule has 1 N–H and O–H groups in total. The summed E-state index contributed by atoms with van der Waals surface area (Å²) in [4.78, 5) is 4.43. The molecule has 114 valence electrons. The number of para-hydroxylation sites is 2. The molecule has 0 aliphatic heterocycles. The van der Waals surface area contributed by atoms with Gasteiger partial charge in [-0.15, -0.1) is 5.10 Å². The van der Waals surface area contributed by atoms with Gasteiger partial charge in [0.05, 0.1) is 11.4 Å². The first-order valence-electron chi connectivity index (χ1n) is 6.84. The highest BCUT2D eigenvalue weighted by Gasteiger charge is 2.12. The van der Waals surface area contributed by atoms with Gasteiger partial charge < -0.3 is 9.52 Å². The molecular weight excluding hydrogens is 314 g/mol. The number of hydrogen-bond acceptors (Lipinski definition) is 7. The van der Waals surface area contributed by atoms with E-state index in [2.05, 4.69) is 20.5 Å². The fourth-order valence-electron chi connectivity index (χ4n) is 2.13. The van der Waals surface area contributed by atoms with Crippen molar-refractivity contribution in [3.05, 3.63) is 54.4 Å². The molecule has 0 unspecified atom stereocenters. The Balaban J connectivity index is 1.55. The van der Waals surface area contributed by atoms with Crippen molar-refractivity contribution in [1.29, 1.82) is 0 Å².